The molecule has 0 aliphatic carbocycles. The average molecular weight is 496 g/mol. The molecule has 6 rings (SSSR count). The molecule has 4 aliphatic rings. The minimum absolute atomic E-state index is 0.123. The normalized spacial score (nSPS) is 24.0. The average Bonchev–Trinajstić information content (AvgIpc) is 3.59. The summed E-state index contributed by atoms with van der Waals surface area (Å²) in [6.45, 7) is 2.43. The number of carbonyl (C=O) groups is 2. The summed E-state index contributed by atoms with van der Waals surface area (Å²) in [5.74, 6) is 1.02. The Kier molecular flexibility index (Phi) is 4.62. The van der Waals surface area contributed by atoms with E-state index in [9.17, 15) is 14.9 Å². The molecule has 0 radical (unpaired) electrons. The van der Waals surface area contributed by atoms with E-state index in [0.717, 1.165) is 5.69 Å². The van der Waals surface area contributed by atoms with Gasteiger partial charge in [-0.05, 0) is 55.4 Å². The summed E-state index contributed by atoms with van der Waals surface area (Å²) in [5, 5.41) is 13.2. The molecule has 3 amide bonds. The number of likely N-dealkylation sites (tertiary alicyclic amines) is 1. The highest BCUT2D eigenvalue weighted by Gasteiger charge is 2.62. The van der Waals surface area contributed by atoms with Crippen molar-refractivity contribution in [2.75, 3.05) is 23.6 Å². The lowest BCUT2D eigenvalue weighted by molar-refractivity contribution is -0.120. The summed E-state index contributed by atoms with van der Waals surface area (Å²) in [6, 6.07) is 9.29. The highest BCUT2D eigenvalue weighted by atomic mass is 35.5. The quantitative estimate of drug-likeness (QED) is 0.501. The number of imide groups is 1. The Hall–Kier alpha value is -3.55. The van der Waals surface area contributed by atoms with E-state index in [0.29, 0.717) is 46.4 Å². The molecule has 0 saturated carbocycles. The van der Waals surface area contributed by atoms with E-state index in [1.807, 2.05) is 29.2 Å². The molecular weight excluding hydrogens is 478 g/mol. The van der Waals surface area contributed by atoms with Crippen molar-refractivity contribution in [3.8, 4) is 17.6 Å². The number of anilines is 2. The standard InChI is InChI=1S/C23H18ClN5O4S/c1-11-15(4-2-12(8-25)19(11)24)29-21(30)20-16-7-14(28(20)23(29)31)9-27(16)22(34)26-13-3-5-17-18(6-13)33-10-32-17/h2-6,14,16,20H,7,9-10H2,1H3,(H,26,34)/t14-,16?,20-/m1/s1. The molecule has 2 aromatic carbocycles. The lowest BCUT2D eigenvalue weighted by Crippen LogP contribution is -2.55. The first-order valence-corrected chi connectivity index (χ1v) is 11.5. The number of carbonyl (C=O) groups excluding carboxylic acids is 2. The Morgan fingerprint density at radius 1 is 1.24 bits per heavy atom. The zero-order valence-corrected chi connectivity index (χ0v) is 19.5. The van der Waals surface area contributed by atoms with Crippen LogP contribution in [-0.2, 0) is 4.79 Å². The molecule has 3 saturated heterocycles. The van der Waals surface area contributed by atoms with Crippen molar-refractivity contribution in [3.63, 3.8) is 0 Å². The minimum atomic E-state index is -0.628. The van der Waals surface area contributed by atoms with Crippen LogP contribution in [0.5, 0.6) is 11.5 Å². The highest BCUT2D eigenvalue weighted by Crippen LogP contribution is 2.44. The van der Waals surface area contributed by atoms with E-state index in [-0.39, 0.29) is 35.8 Å². The number of rotatable bonds is 2. The first-order valence-electron chi connectivity index (χ1n) is 10.7. The van der Waals surface area contributed by atoms with Gasteiger partial charge in [0.25, 0.3) is 5.91 Å². The molecule has 1 N–H and O–H groups in total. The van der Waals surface area contributed by atoms with Crippen LogP contribution in [0.1, 0.15) is 17.5 Å². The zero-order chi connectivity index (χ0) is 23.7. The Labute approximate surface area is 205 Å². The van der Waals surface area contributed by atoms with Crippen molar-refractivity contribution in [1.82, 2.24) is 9.80 Å². The van der Waals surface area contributed by atoms with Gasteiger partial charge >= 0.3 is 6.03 Å². The summed E-state index contributed by atoms with van der Waals surface area (Å²) < 4.78 is 10.8. The van der Waals surface area contributed by atoms with Gasteiger partial charge in [-0.2, -0.15) is 5.26 Å². The molecule has 34 heavy (non-hydrogen) atoms. The maximum atomic E-state index is 13.5. The van der Waals surface area contributed by atoms with Gasteiger partial charge in [-0.1, -0.05) is 11.6 Å². The number of halogens is 1. The van der Waals surface area contributed by atoms with Crippen LogP contribution in [0.3, 0.4) is 0 Å². The monoisotopic (exact) mass is 495 g/mol. The molecule has 172 valence electrons. The number of piperazine rings is 1. The Morgan fingerprint density at radius 3 is 2.82 bits per heavy atom. The molecule has 9 nitrogen and oxygen atoms in total. The number of benzene rings is 2. The van der Waals surface area contributed by atoms with Gasteiger partial charge in [0, 0.05) is 18.3 Å². The van der Waals surface area contributed by atoms with Crippen molar-refractivity contribution >= 4 is 52.2 Å². The maximum Gasteiger partial charge on any atom is 0.332 e. The SMILES string of the molecule is Cc1c(N2C(=O)[C@H]3C4C[C@H](CN4C(=S)Nc4ccc5c(c4)OCO5)N3C2=O)ccc(C#N)c1Cl. The summed E-state index contributed by atoms with van der Waals surface area (Å²) in [4.78, 5) is 31.6. The van der Waals surface area contributed by atoms with Crippen LogP contribution in [0.4, 0.5) is 16.2 Å². The van der Waals surface area contributed by atoms with Crippen LogP contribution in [0.15, 0.2) is 30.3 Å². The van der Waals surface area contributed by atoms with Gasteiger partial charge in [-0.3, -0.25) is 4.79 Å². The number of amides is 3. The van der Waals surface area contributed by atoms with E-state index >= 15 is 0 Å². The Balaban J connectivity index is 1.25. The molecule has 3 atom stereocenters. The lowest BCUT2D eigenvalue weighted by Gasteiger charge is -2.36. The van der Waals surface area contributed by atoms with Crippen LogP contribution in [0.2, 0.25) is 5.02 Å². The first-order chi connectivity index (χ1) is 16.4. The van der Waals surface area contributed by atoms with Gasteiger partial charge in [-0.15, -0.1) is 0 Å². The third-order valence-corrected chi connectivity index (χ3v) is 7.69. The number of nitriles is 1. The molecule has 4 heterocycles. The van der Waals surface area contributed by atoms with Crippen molar-refractivity contribution in [2.24, 2.45) is 0 Å². The van der Waals surface area contributed by atoms with Gasteiger partial charge in [0.15, 0.2) is 16.6 Å². The maximum absolute atomic E-state index is 13.5. The second-order valence-corrected chi connectivity index (χ2v) is 9.36. The van der Waals surface area contributed by atoms with Gasteiger partial charge in [0.2, 0.25) is 6.79 Å². The van der Waals surface area contributed by atoms with Crippen LogP contribution in [-0.4, -0.2) is 58.3 Å². The molecule has 3 fully saturated rings. The van der Waals surface area contributed by atoms with Crippen molar-refractivity contribution in [3.05, 3.63) is 46.5 Å². The van der Waals surface area contributed by atoms with Crippen LogP contribution >= 0.6 is 23.8 Å². The highest BCUT2D eigenvalue weighted by molar-refractivity contribution is 7.80. The number of thiocarbonyl (C=S) groups is 1. The summed E-state index contributed by atoms with van der Waals surface area (Å²) >= 11 is 12.0. The first kappa shape index (κ1) is 21.0. The second-order valence-electron chi connectivity index (χ2n) is 8.60. The fourth-order valence-corrected chi connectivity index (χ4v) is 5.82. The fourth-order valence-electron chi connectivity index (χ4n) is 5.29. The van der Waals surface area contributed by atoms with E-state index in [1.54, 1.807) is 17.9 Å². The van der Waals surface area contributed by atoms with Crippen molar-refractivity contribution < 1.29 is 19.1 Å². The van der Waals surface area contributed by atoms with E-state index in [4.69, 9.17) is 33.3 Å². The largest absolute Gasteiger partial charge is 0.454 e. The predicted molar refractivity (Wildman–Crippen MR) is 127 cm³/mol. The number of ether oxygens (including phenoxy) is 2. The minimum Gasteiger partial charge on any atom is -0.454 e. The van der Waals surface area contributed by atoms with Crippen molar-refractivity contribution in [2.45, 2.75) is 31.5 Å². The molecular formula is C23H18ClN5O4S. The van der Waals surface area contributed by atoms with E-state index < -0.39 is 6.04 Å². The summed E-state index contributed by atoms with van der Waals surface area (Å²) in [7, 11) is 0. The Bertz CT molecular complexity index is 1330. The zero-order valence-electron chi connectivity index (χ0n) is 17.9. The van der Waals surface area contributed by atoms with Crippen LogP contribution < -0.4 is 19.7 Å². The second kappa shape index (κ2) is 7.48. The molecule has 2 bridgehead atoms. The number of hydrogen-bond acceptors (Lipinski definition) is 6. The third kappa shape index (κ3) is 2.87. The number of hydrogen-bond donors (Lipinski definition) is 1. The Morgan fingerprint density at radius 2 is 2.03 bits per heavy atom. The molecule has 4 aliphatic heterocycles. The molecule has 0 spiro atoms. The molecule has 2 aromatic rings. The topological polar surface area (TPSA) is 98.1 Å². The predicted octanol–water partition coefficient (Wildman–Crippen LogP) is 3.24. The van der Waals surface area contributed by atoms with Gasteiger partial charge < -0.3 is 24.6 Å². The number of nitrogens with zero attached hydrogens (tertiary/aromatic N) is 4. The third-order valence-electron chi connectivity index (χ3n) is 6.87. The molecule has 0 aromatic heterocycles. The lowest BCUT2D eigenvalue weighted by atomic mass is 10.1. The molecule has 11 heteroatoms. The molecule has 1 unspecified atom stereocenters. The van der Waals surface area contributed by atoms with Crippen LogP contribution in [0.25, 0.3) is 0 Å². The van der Waals surface area contributed by atoms with E-state index in [1.165, 1.54) is 11.0 Å². The smallest absolute Gasteiger partial charge is 0.332 e. The number of urea groups is 1. The summed E-state index contributed by atoms with van der Waals surface area (Å²) in [5.41, 5.74) is 1.98. The van der Waals surface area contributed by atoms with Gasteiger partial charge in [-0.25, -0.2) is 9.69 Å². The van der Waals surface area contributed by atoms with Gasteiger partial charge in [0.05, 0.1) is 28.4 Å². The number of nitrogens with one attached hydrogen (secondary N) is 1. The van der Waals surface area contributed by atoms with Gasteiger partial charge in [0.1, 0.15) is 12.1 Å². The fraction of sp³-hybridized carbons (Fsp3) is 0.304. The summed E-state index contributed by atoms with van der Waals surface area (Å²) in [6.07, 6.45) is 0.673. The van der Waals surface area contributed by atoms with Crippen molar-refractivity contribution in [1.29, 1.82) is 5.26 Å². The van der Waals surface area contributed by atoms with Crippen LogP contribution in [0, 0.1) is 18.3 Å². The number of fused-ring (bicyclic) bond motifs is 6. The van der Waals surface area contributed by atoms with E-state index in [2.05, 4.69) is 5.32 Å².